The number of benzene rings is 1. The molecular formula is C17H22ClN3O. The summed E-state index contributed by atoms with van der Waals surface area (Å²) in [6.07, 6.45) is 2.50. The van der Waals surface area contributed by atoms with Crippen molar-refractivity contribution in [2.75, 3.05) is 50.8 Å². The van der Waals surface area contributed by atoms with E-state index in [-0.39, 0.29) is 0 Å². The maximum Gasteiger partial charge on any atom is 0.101 e. The van der Waals surface area contributed by atoms with E-state index in [9.17, 15) is 0 Å². The molecule has 0 radical (unpaired) electrons. The Morgan fingerprint density at radius 1 is 1.27 bits per heavy atom. The monoisotopic (exact) mass is 319 g/mol. The molecule has 2 saturated heterocycles. The van der Waals surface area contributed by atoms with Crippen molar-refractivity contribution in [1.29, 1.82) is 5.26 Å². The fourth-order valence-electron chi connectivity index (χ4n) is 3.39. The van der Waals surface area contributed by atoms with Crippen LogP contribution in [-0.2, 0) is 4.74 Å². The molecular weight excluding hydrogens is 298 g/mol. The summed E-state index contributed by atoms with van der Waals surface area (Å²) in [7, 11) is 0. The lowest BCUT2D eigenvalue weighted by atomic mass is 9.96. The molecule has 1 aromatic rings. The van der Waals surface area contributed by atoms with Crippen LogP contribution in [-0.4, -0.2) is 50.8 Å². The molecule has 0 saturated carbocycles. The first kappa shape index (κ1) is 15.6. The molecule has 0 spiro atoms. The SMILES string of the molecule is N#Cc1ccc(N2CCC[C@@H](CN3CCOCC3)C2)cc1Cl. The molecule has 3 rings (SSSR count). The average Bonchev–Trinajstić information content (AvgIpc) is 2.56. The van der Waals surface area contributed by atoms with E-state index in [0.29, 0.717) is 16.5 Å². The van der Waals surface area contributed by atoms with Gasteiger partial charge >= 0.3 is 0 Å². The highest BCUT2D eigenvalue weighted by atomic mass is 35.5. The highest BCUT2D eigenvalue weighted by Gasteiger charge is 2.23. The van der Waals surface area contributed by atoms with Gasteiger partial charge in [-0.25, -0.2) is 0 Å². The normalized spacial score (nSPS) is 23.3. The number of nitriles is 1. The van der Waals surface area contributed by atoms with E-state index in [1.807, 2.05) is 18.2 Å². The molecule has 0 amide bonds. The fraction of sp³-hybridized carbons (Fsp3) is 0.588. The first-order valence-electron chi connectivity index (χ1n) is 8.01. The van der Waals surface area contributed by atoms with E-state index in [0.717, 1.165) is 51.6 Å². The molecule has 5 heteroatoms. The number of ether oxygens (including phenoxy) is 1. The standard InChI is InChI=1S/C17H22ClN3O/c18-17-10-16(4-3-15(17)11-19)21-5-1-2-14(13-21)12-20-6-8-22-9-7-20/h3-4,10,14H,1-2,5-9,12-13H2/t14-/m0/s1. The van der Waals surface area contributed by atoms with Gasteiger partial charge in [-0.3, -0.25) is 4.90 Å². The van der Waals surface area contributed by atoms with Gasteiger partial charge in [-0.15, -0.1) is 0 Å². The summed E-state index contributed by atoms with van der Waals surface area (Å²) in [6, 6.07) is 7.89. The van der Waals surface area contributed by atoms with Gasteiger partial charge in [0.2, 0.25) is 0 Å². The molecule has 2 fully saturated rings. The molecule has 0 bridgehead atoms. The second-order valence-corrected chi connectivity index (χ2v) is 6.55. The van der Waals surface area contributed by atoms with Gasteiger partial charge in [-0.1, -0.05) is 11.6 Å². The zero-order valence-corrected chi connectivity index (χ0v) is 13.6. The third-order valence-electron chi connectivity index (χ3n) is 4.58. The zero-order chi connectivity index (χ0) is 15.4. The number of hydrogen-bond acceptors (Lipinski definition) is 4. The van der Waals surface area contributed by atoms with Crippen LogP contribution >= 0.6 is 11.6 Å². The molecule has 0 aliphatic carbocycles. The van der Waals surface area contributed by atoms with Crippen molar-refractivity contribution < 1.29 is 4.74 Å². The minimum Gasteiger partial charge on any atom is -0.379 e. The molecule has 0 unspecified atom stereocenters. The van der Waals surface area contributed by atoms with Gasteiger partial charge in [-0.2, -0.15) is 5.26 Å². The van der Waals surface area contributed by atoms with Crippen LogP contribution < -0.4 is 4.90 Å². The summed E-state index contributed by atoms with van der Waals surface area (Å²) < 4.78 is 5.42. The van der Waals surface area contributed by atoms with Crippen molar-refractivity contribution in [3.63, 3.8) is 0 Å². The van der Waals surface area contributed by atoms with Crippen molar-refractivity contribution >= 4 is 17.3 Å². The fourth-order valence-corrected chi connectivity index (χ4v) is 3.61. The average molecular weight is 320 g/mol. The quantitative estimate of drug-likeness (QED) is 0.859. The maximum absolute atomic E-state index is 8.98. The van der Waals surface area contributed by atoms with E-state index in [4.69, 9.17) is 21.6 Å². The van der Waals surface area contributed by atoms with Crippen LogP contribution in [0.25, 0.3) is 0 Å². The Bertz CT molecular complexity index is 551. The molecule has 1 aromatic carbocycles. The third-order valence-corrected chi connectivity index (χ3v) is 4.89. The van der Waals surface area contributed by atoms with Crippen molar-refractivity contribution in [3.05, 3.63) is 28.8 Å². The van der Waals surface area contributed by atoms with Gasteiger partial charge < -0.3 is 9.64 Å². The zero-order valence-electron chi connectivity index (χ0n) is 12.8. The minimum absolute atomic E-state index is 0.548. The van der Waals surface area contributed by atoms with Gasteiger partial charge in [0, 0.05) is 38.4 Å². The number of piperidine rings is 1. The second-order valence-electron chi connectivity index (χ2n) is 6.14. The first-order chi connectivity index (χ1) is 10.8. The van der Waals surface area contributed by atoms with Crippen LogP contribution in [0.15, 0.2) is 18.2 Å². The molecule has 2 aliphatic rings. The Labute approximate surface area is 137 Å². The van der Waals surface area contributed by atoms with Crippen molar-refractivity contribution in [3.8, 4) is 6.07 Å². The van der Waals surface area contributed by atoms with E-state index in [1.165, 1.54) is 12.8 Å². The number of anilines is 1. The summed E-state index contributed by atoms with van der Waals surface area (Å²) in [5.74, 6) is 0.696. The number of halogens is 1. The first-order valence-corrected chi connectivity index (χ1v) is 8.39. The Morgan fingerprint density at radius 3 is 2.82 bits per heavy atom. The lowest BCUT2D eigenvalue weighted by Crippen LogP contribution is -2.44. The Kier molecular flexibility index (Phi) is 5.20. The highest BCUT2D eigenvalue weighted by molar-refractivity contribution is 6.32. The number of morpholine rings is 1. The predicted octanol–water partition coefficient (Wildman–Crippen LogP) is 2.76. The van der Waals surface area contributed by atoms with Gasteiger partial charge in [-0.05, 0) is 37.0 Å². The van der Waals surface area contributed by atoms with Gasteiger partial charge in [0.25, 0.3) is 0 Å². The lowest BCUT2D eigenvalue weighted by molar-refractivity contribution is 0.0296. The minimum atomic E-state index is 0.548. The maximum atomic E-state index is 8.98. The van der Waals surface area contributed by atoms with E-state index >= 15 is 0 Å². The molecule has 4 nitrogen and oxygen atoms in total. The number of rotatable bonds is 3. The summed E-state index contributed by atoms with van der Waals surface area (Å²) in [6.45, 7) is 7.13. The summed E-state index contributed by atoms with van der Waals surface area (Å²) >= 11 is 6.17. The van der Waals surface area contributed by atoms with Crippen LogP contribution in [0.4, 0.5) is 5.69 Å². The summed E-state index contributed by atoms with van der Waals surface area (Å²) in [5.41, 5.74) is 1.68. The summed E-state index contributed by atoms with van der Waals surface area (Å²) in [5, 5.41) is 9.53. The van der Waals surface area contributed by atoms with Gasteiger partial charge in [0.15, 0.2) is 0 Å². The van der Waals surface area contributed by atoms with Crippen molar-refractivity contribution in [1.82, 2.24) is 4.90 Å². The number of nitrogens with zero attached hydrogens (tertiary/aromatic N) is 3. The predicted molar refractivity (Wildman–Crippen MR) is 88.4 cm³/mol. The molecule has 2 aliphatic heterocycles. The molecule has 118 valence electrons. The van der Waals surface area contributed by atoms with E-state index in [2.05, 4.69) is 15.9 Å². The topological polar surface area (TPSA) is 39.5 Å². The Morgan fingerprint density at radius 2 is 2.09 bits per heavy atom. The van der Waals surface area contributed by atoms with Crippen molar-refractivity contribution in [2.45, 2.75) is 12.8 Å². The van der Waals surface area contributed by atoms with Crippen LogP contribution in [0.5, 0.6) is 0 Å². The second kappa shape index (κ2) is 7.32. The molecule has 0 aromatic heterocycles. The van der Waals surface area contributed by atoms with Crippen LogP contribution in [0.1, 0.15) is 18.4 Å². The molecule has 2 heterocycles. The molecule has 1 atom stereocenters. The highest BCUT2D eigenvalue weighted by Crippen LogP contribution is 2.27. The van der Waals surface area contributed by atoms with Gasteiger partial charge in [0.1, 0.15) is 6.07 Å². The van der Waals surface area contributed by atoms with Gasteiger partial charge in [0.05, 0.1) is 23.8 Å². The van der Waals surface area contributed by atoms with Crippen molar-refractivity contribution in [2.24, 2.45) is 5.92 Å². The Balaban J connectivity index is 1.62. The third kappa shape index (κ3) is 3.73. The number of hydrogen-bond donors (Lipinski definition) is 0. The molecule has 0 N–H and O–H groups in total. The summed E-state index contributed by atoms with van der Waals surface area (Å²) in [4.78, 5) is 4.92. The lowest BCUT2D eigenvalue weighted by Gasteiger charge is -2.38. The van der Waals surface area contributed by atoms with Crippen LogP contribution in [0.3, 0.4) is 0 Å². The van der Waals surface area contributed by atoms with E-state index < -0.39 is 0 Å². The van der Waals surface area contributed by atoms with Crippen LogP contribution in [0, 0.1) is 17.2 Å². The van der Waals surface area contributed by atoms with E-state index in [1.54, 1.807) is 0 Å². The molecule has 22 heavy (non-hydrogen) atoms. The largest absolute Gasteiger partial charge is 0.379 e. The van der Waals surface area contributed by atoms with Crippen LogP contribution in [0.2, 0.25) is 5.02 Å². The smallest absolute Gasteiger partial charge is 0.101 e. The Hall–Kier alpha value is -1.28.